The number of anilines is 1. The molecule has 2 atom stereocenters. The van der Waals surface area contributed by atoms with E-state index in [9.17, 15) is 14.0 Å². The van der Waals surface area contributed by atoms with Crippen molar-refractivity contribution in [1.29, 1.82) is 0 Å². The van der Waals surface area contributed by atoms with Crippen LogP contribution in [0.25, 0.3) is 0 Å². The molecule has 5 nitrogen and oxygen atoms in total. The van der Waals surface area contributed by atoms with Crippen molar-refractivity contribution in [3.05, 3.63) is 95.3 Å². The van der Waals surface area contributed by atoms with Crippen molar-refractivity contribution < 1.29 is 18.7 Å². The van der Waals surface area contributed by atoms with E-state index in [2.05, 4.69) is 26.1 Å². The summed E-state index contributed by atoms with van der Waals surface area (Å²) in [7, 11) is 1.42. The summed E-state index contributed by atoms with van der Waals surface area (Å²) in [5.41, 5.74) is 2.51. The molecule has 1 heterocycles. The molecule has 0 bridgehead atoms. The first kappa shape index (κ1) is 25.4. The molecule has 1 fully saturated rings. The first-order valence-electron chi connectivity index (χ1n) is 12.3. The molecule has 1 aliphatic rings. The normalized spacial score (nSPS) is 18.0. The predicted molar refractivity (Wildman–Crippen MR) is 140 cm³/mol. The van der Waals surface area contributed by atoms with Crippen LogP contribution in [0.5, 0.6) is 5.75 Å². The SMILES string of the molecule is COc1cccc(F)c1C(=O)N1CCC[C@H](C(=O)Nc2cccc(C(C)(C)C)c2)[C@@H]1c1ccccc1. The highest BCUT2D eigenvalue weighted by Crippen LogP contribution is 2.39. The number of rotatable bonds is 5. The van der Waals surface area contributed by atoms with E-state index in [4.69, 9.17) is 4.74 Å². The van der Waals surface area contributed by atoms with Gasteiger partial charge in [-0.1, -0.05) is 69.3 Å². The maximum Gasteiger partial charge on any atom is 0.261 e. The topological polar surface area (TPSA) is 58.6 Å². The zero-order valence-corrected chi connectivity index (χ0v) is 21.3. The van der Waals surface area contributed by atoms with Crippen LogP contribution in [-0.2, 0) is 10.2 Å². The first-order chi connectivity index (χ1) is 17.2. The fourth-order valence-electron chi connectivity index (χ4n) is 4.88. The highest BCUT2D eigenvalue weighted by atomic mass is 19.1. The van der Waals surface area contributed by atoms with Gasteiger partial charge in [-0.2, -0.15) is 0 Å². The van der Waals surface area contributed by atoms with Crippen LogP contribution in [0, 0.1) is 11.7 Å². The molecule has 4 rings (SSSR count). The lowest BCUT2D eigenvalue weighted by Gasteiger charge is -2.41. The van der Waals surface area contributed by atoms with Crippen LogP contribution in [-0.4, -0.2) is 30.4 Å². The summed E-state index contributed by atoms with van der Waals surface area (Å²) in [6.45, 7) is 6.79. The Kier molecular flexibility index (Phi) is 7.43. The highest BCUT2D eigenvalue weighted by Gasteiger charge is 2.41. The van der Waals surface area contributed by atoms with Gasteiger partial charge in [-0.3, -0.25) is 9.59 Å². The molecule has 0 radical (unpaired) electrons. The van der Waals surface area contributed by atoms with Gasteiger partial charge < -0.3 is 15.0 Å². The van der Waals surface area contributed by atoms with E-state index >= 15 is 0 Å². The third-order valence-electron chi connectivity index (χ3n) is 6.78. The Hall–Kier alpha value is -3.67. The smallest absolute Gasteiger partial charge is 0.261 e. The molecule has 1 aliphatic heterocycles. The molecule has 2 amide bonds. The minimum Gasteiger partial charge on any atom is -0.496 e. The Bertz CT molecular complexity index is 1240. The van der Waals surface area contributed by atoms with Crippen LogP contribution >= 0.6 is 0 Å². The van der Waals surface area contributed by atoms with Crippen LogP contribution in [0.15, 0.2) is 72.8 Å². The summed E-state index contributed by atoms with van der Waals surface area (Å²) < 4.78 is 20.1. The lowest BCUT2D eigenvalue weighted by molar-refractivity contribution is -0.123. The van der Waals surface area contributed by atoms with Gasteiger partial charge in [0.15, 0.2) is 0 Å². The maximum atomic E-state index is 14.8. The minimum absolute atomic E-state index is 0.0554. The van der Waals surface area contributed by atoms with Crippen molar-refractivity contribution in [2.24, 2.45) is 5.92 Å². The van der Waals surface area contributed by atoms with E-state index in [1.165, 1.54) is 19.2 Å². The number of amides is 2. The number of nitrogens with zero attached hydrogens (tertiary/aromatic N) is 1. The van der Waals surface area contributed by atoms with E-state index in [0.29, 0.717) is 19.4 Å². The van der Waals surface area contributed by atoms with Gasteiger partial charge in [0.2, 0.25) is 5.91 Å². The van der Waals surface area contributed by atoms with Crippen molar-refractivity contribution >= 4 is 17.5 Å². The number of halogens is 1. The van der Waals surface area contributed by atoms with Gasteiger partial charge in [0.05, 0.1) is 19.1 Å². The largest absolute Gasteiger partial charge is 0.496 e. The van der Waals surface area contributed by atoms with Gasteiger partial charge in [-0.15, -0.1) is 0 Å². The van der Waals surface area contributed by atoms with Crippen molar-refractivity contribution in [3.63, 3.8) is 0 Å². The summed E-state index contributed by atoms with van der Waals surface area (Å²) in [5.74, 6) is -1.60. The average molecular weight is 489 g/mol. The van der Waals surface area contributed by atoms with E-state index in [0.717, 1.165) is 16.8 Å². The lowest BCUT2D eigenvalue weighted by Crippen LogP contribution is -2.46. The van der Waals surface area contributed by atoms with Gasteiger partial charge in [0.25, 0.3) is 5.91 Å². The summed E-state index contributed by atoms with van der Waals surface area (Å²) in [4.78, 5) is 29.0. The molecular formula is C30H33FN2O3. The number of carbonyl (C=O) groups excluding carboxylic acids is 2. The average Bonchev–Trinajstić information content (AvgIpc) is 2.87. The summed E-state index contributed by atoms with van der Waals surface area (Å²) in [5, 5.41) is 3.08. The van der Waals surface area contributed by atoms with Crippen molar-refractivity contribution in [2.75, 3.05) is 19.0 Å². The second-order valence-corrected chi connectivity index (χ2v) is 10.2. The Labute approximate surface area is 212 Å². The highest BCUT2D eigenvalue weighted by molar-refractivity contribution is 5.99. The molecule has 0 aliphatic carbocycles. The number of benzene rings is 3. The van der Waals surface area contributed by atoms with Crippen molar-refractivity contribution in [2.45, 2.75) is 45.1 Å². The molecule has 0 unspecified atom stereocenters. The zero-order chi connectivity index (χ0) is 25.9. The molecule has 0 saturated carbocycles. The predicted octanol–water partition coefficient (Wildman–Crippen LogP) is 6.36. The zero-order valence-electron chi connectivity index (χ0n) is 21.3. The molecular weight excluding hydrogens is 455 g/mol. The number of likely N-dealkylation sites (tertiary alicyclic amines) is 1. The van der Waals surface area contributed by atoms with E-state index in [-0.39, 0.29) is 22.6 Å². The number of hydrogen-bond donors (Lipinski definition) is 1. The van der Waals surface area contributed by atoms with E-state index in [1.54, 1.807) is 11.0 Å². The number of carbonyl (C=O) groups is 2. The fourth-order valence-corrected chi connectivity index (χ4v) is 4.88. The van der Waals surface area contributed by atoms with Crippen LogP contribution < -0.4 is 10.1 Å². The van der Waals surface area contributed by atoms with Crippen molar-refractivity contribution in [3.8, 4) is 5.75 Å². The molecule has 188 valence electrons. The monoisotopic (exact) mass is 488 g/mol. The second-order valence-electron chi connectivity index (χ2n) is 10.2. The van der Waals surface area contributed by atoms with Crippen LogP contribution in [0.1, 0.15) is 61.1 Å². The number of nitrogens with one attached hydrogen (secondary N) is 1. The molecule has 0 spiro atoms. The number of piperidine rings is 1. The summed E-state index contributed by atoms with van der Waals surface area (Å²) in [6.07, 6.45) is 1.24. The minimum atomic E-state index is -0.642. The molecule has 6 heteroatoms. The van der Waals surface area contributed by atoms with Gasteiger partial charge >= 0.3 is 0 Å². The third-order valence-corrected chi connectivity index (χ3v) is 6.78. The van der Waals surface area contributed by atoms with Gasteiger partial charge in [-0.25, -0.2) is 4.39 Å². The van der Waals surface area contributed by atoms with Crippen molar-refractivity contribution in [1.82, 2.24) is 4.90 Å². The van der Waals surface area contributed by atoms with E-state index in [1.807, 2.05) is 54.6 Å². The van der Waals surface area contributed by atoms with Gasteiger partial charge in [-0.05, 0) is 53.6 Å². The van der Waals surface area contributed by atoms with Gasteiger partial charge in [0.1, 0.15) is 17.1 Å². The second kappa shape index (κ2) is 10.5. The van der Waals surface area contributed by atoms with Crippen LogP contribution in [0.4, 0.5) is 10.1 Å². The number of methoxy groups -OCH3 is 1. The van der Waals surface area contributed by atoms with Crippen LogP contribution in [0.2, 0.25) is 0 Å². The summed E-state index contributed by atoms with van der Waals surface area (Å²) >= 11 is 0. The third kappa shape index (κ3) is 5.27. The Morgan fingerprint density at radius 1 is 1.00 bits per heavy atom. The summed E-state index contributed by atoms with van der Waals surface area (Å²) in [6, 6.07) is 21.1. The van der Waals surface area contributed by atoms with E-state index < -0.39 is 23.7 Å². The standard InChI is InChI=1S/C30H33FN2O3/c1-30(2,3)21-13-8-14-22(19-21)32-28(34)23-15-10-18-33(27(23)20-11-6-5-7-12-20)29(35)26-24(31)16-9-17-25(26)36-4/h5-9,11-14,16-17,19,23,27H,10,15,18H2,1-4H3,(H,32,34)/t23-,27-/m0/s1. The molecule has 1 N–H and O–H groups in total. The van der Waals surface area contributed by atoms with Crippen LogP contribution in [0.3, 0.4) is 0 Å². The van der Waals surface area contributed by atoms with Gasteiger partial charge in [0, 0.05) is 12.2 Å². The molecule has 1 saturated heterocycles. The maximum absolute atomic E-state index is 14.8. The first-order valence-corrected chi connectivity index (χ1v) is 12.3. The Morgan fingerprint density at radius 3 is 2.42 bits per heavy atom. The molecule has 36 heavy (non-hydrogen) atoms. The fraction of sp³-hybridized carbons (Fsp3) is 0.333. The Balaban J connectivity index is 1.69. The molecule has 0 aromatic heterocycles. The molecule has 3 aromatic rings. The molecule has 3 aromatic carbocycles. The quantitative estimate of drug-likeness (QED) is 0.454. The Morgan fingerprint density at radius 2 is 1.72 bits per heavy atom. The number of hydrogen-bond acceptors (Lipinski definition) is 3. The lowest BCUT2D eigenvalue weighted by atomic mass is 9.83. The number of ether oxygens (including phenoxy) is 1.